The van der Waals surface area contributed by atoms with Crippen LogP contribution >= 0.6 is 0 Å². The Hall–Kier alpha value is -3.21. The van der Waals surface area contributed by atoms with Gasteiger partial charge in [0.2, 0.25) is 0 Å². The number of nitrogens with zero attached hydrogens (tertiary/aromatic N) is 1. The Bertz CT molecular complexity index is 943. The predicted molar refractivity (Wildman–Crippen MR) is 92.4 cm³/mol. The molecule has 1 aliphatic heterocycles. The highest BCUT2D eigenvalue weighted by atomic mass is 19.1. The van der Waals surface area contributed by atoms with Crippen LogP contribution in [0.4, 0.5) is 20.2 Å². The zero-order chi connectivity index (χ0) is 17.4. The van der Waals surface area contributed by atoms with Crippen LogP contribution in [0.15, 0.2) is 72.8 Å². The lowest BCUT2D eigenvalue weighted by atomic mass is 10.0. The Kier molecular flexibility index (Phi) is 3.69. The first-order chi connectivity index (χ1) is 12.1. The smallest absolute Gasteiger partial charge is 0.262 e. The molecule has 1 N–H and O–H groups in total. The van der Waals surface area contributed by atoms with E-state index in [1.165, 1.54) is 11.0 Å². The van der Waals surface area contributed by atoms with Crippen molar-refractivity contribution in [2.45, 2.75) is 6.17 Å². The first kappa shape index (κ1) is 15.3. The van der Waals surface area contributed by atoms with Crippen LogP contribution in [0.2, 0.25) is 0 Å². The summed E-state index contributed by atoms with van der Waals surface area (Å²) in [6.07, 6.45) is -0.594. The van der Waals surface area contributed by atoms with Crippen LogP contribution in [0, 0.1) is 11.6 Å². The molecule has 0 bridgehead atoms. The quantitative estimate of drug-likeness (QED) is 0.733. The van der Waals surface area contributed by atoms with Gasteiger partial charge < -0.3 is 5.32 Å². The highest BCUT2D eigenvalue weighted by molar-refractivity contribution is 6.12. The van der Waals surface area contributed by atoms with Crippen molar-refractivity contribution in [3.8, 4) is 0 Å². The van der Waals surface area contributed by atoms with Crippen molar-refractivity contribution in [1.82, 2.24) is 0 Å². The molecule has 5 heteroatoms. The Labute approximate surface area is 143 Å². The predicted octanol–water partition coefficient (Wildman–Crippen LogP) is 4.74. The van der Waals surface area contributed by atoms with E-state index in [0.717, 1.165) is 17.7 Å². The number of fused-ring (bicyclic) bond motifs is 1. The number of nitrogens with one attached hydrogen (secondary N) is 1. The summed E-state index contributed by atoms with van der Waals surface area (Å²) >= 11 is 0. The first-order valence-electron chi connectivity index (χ1n) is 7.84. The molecular formula is C20H14F2N2O. The number of carbonyl (C=O) groups is 1. The second-order valence-electron chi connectivity index (χ2n) is 5.77. The van der Waals surface area contributed by atoms with Crippen molar-refractivity contribution in [1.29, 1.82) is 0 Å². The van der Waals surface area contributed by atoms with Gasteiger partial charge in [-0.25, -0.2) is 8.78 Å². The highest BCUT2D eigenvalue weighted by Gasteiger charge is 2.35. The van der Waals surface area contributed by atoms with Gasteiger partial charge in [0.05, 0.1) is 11.3 Å². The van der Waals surface area contributed by atoms with E-state index in [1.54, 1.807) is 12.1 Å². The maximum Gasteiger partial charge on any atom is 0.262 e. The number of amides is 1. The van der Waals surface area contributed by atoms with Gasteiger partial charge in [-0.05, 0) is 29.8 Å². The third kappa shape index (κ3) is 2.63. The molecule has 0 aromatic heterocycles. The minimum absolute atomic E-state index is 0.0299. The highest BCUT2D eigenvalue weighted by Crippen LogP contribution is 2.37. The number of anilines is 2. The molecule has 0 aliphatic carbocycles. The monoisotopic (exact) mass is 336 g/mol. The van der Waals surface area contributed by atoms with Crippen molar-refractivity contribution in [3.05, 3.63) is 95.6 Å². The summed E-state index contributed by atoms with van der Waals surface area (Å²) in [5.41, 5.74) is 1.95. The van der Waals surface area contributed by atoms with Crippen LogP contribution in [0.1, 0.15) is 22.1 Å². The summed E-state index contributed by atoms with van der Waals surface area (Å²) in [6.45, 7) is 0. The molecule has 0 fully saturated rings. The van der Waals surface area contributed by atoms with Gasteiger partial charge in [0.25, 0.3) is 5.91 Å². The lowest BCUT2D eigenvalue weighted by Gasteiger charge is -2.38. The van der Waals surface area contributed by atoms with Gasteiger partial charge in [0.15, 0.2) is 0 Å². The first-order valence-corrected chi connectivity index (χ1v) is 7.84. The largest absolute Gasteiger partial charge is 0.360 e. The van der Waals surface area contributed by atoms with Crippen LogP contribution in [0.25, 0.3) is 0 Å². The Morgan fingerprint density at radius 2 is 1.60 bits per heavy atom. The number of halogens is 2. The molecule has 4 rings (SSSR count). The fraction of sp³-hybridized carbons (Fsp3) is 0.0500. The zero-order valence-electron chi connectivity index (χ0n) is 13.1. The van der Waals surface area contributed by atoms with Gasteiger partial charge in [0.1, 0.15) is 17.8 Å². The van der Waals surface area contributed by atoms with Crippen molar-refractivity contribution < 1.29 is 13.6 Å². The molecule has 1 unspecified atom stereocenters. The van der Waals surface area contributed by atoms with Crippen LogP contribution in [-0.4, -0.2) is 5.91 Å². The number of carbonyl (C=O) groups excluding carboxylic acids is 1. The summed E-state index contributed by atoms with van der Waals surface area (Å²) in [7, 11) is 0. The molecule has 1 amide bonds. The summed E-state index contributed by atoms with van der Waals surface area (Å²) in [5, 5.41) is 3.28. The third-order valence-electron chi connectivity index (χ3n) is 4.21. The number of hydrogen-bond acceptors (Lipinski definition) is 2. The number of hydrogen-bond donors (Lipinski definition) is 1. The number of benzene rings is 3. The van der Waals surface area contributed by atoms with E-state index in [1.807, 2.05) is 42.5 Å². The minimum Gasteiger partial charge on any atom is -0.360 e. The topological polar surface area (TPSA) is 32.3 Å². The second kappa shape index (κ2) is 6.02. The van der Waals surface area contributed by atoms with Gasteiger partial charge in [-0.15, -0.1) is 0 Å². The maximum absolute atomic E-state index is 14.4. The van der Waals surface area contributed by atoms with Crippen molar-refractivity contribution in [2.24, 2.45) is 0 Å². The van der Waals surface area contributed by atoms with Crippen LogP contribution in [0.5, 0.6) is 0 Å². The van der Waals surface area contributed by atoms with Gasteiger partial charge in [-0.2, -0.15) is 0 Å². The molecule has 1 heterocycles. The molecule has 3 aromatic carbocycles. The normalized spacial score (nSPS) is 16.3. The fourth-order valence-corrected chi connectivity index (χ4v) is 3.05. The van der Waals surface area contributed by atoms with E-state index in [4.69, 9.17) is 0 Å². The number of rotatable bonds is 2. The molecule has 0 saturated heterocycles. The van der Waals surface area contributed by atoms with Gasteiger partial charge in [-0.1, -0.05) is 42.5 Å². The van der Waals surface area contributed by atoms with E-state index in [0.29, 0.717) is 11.3 Å². The third-order valence-corrected chi connectivity index (χ3v) is 4.21. The van der Waals surface area contributed by atoms with Gasteiger partial charge in [-0.3, -0.25) is 9.69 Å². The fourth-order valence-electron chi connectivity index (χ4n) is 3.05. The summed E-state index contributed by atoms with van der Waals surface area (Å²) in [6, 6.07) is 19.6. The van der Waals surface area contributed by atoms with Crippen molar-refractivity contribution >= 4 is 17.3 Å². The van der Waals surface area contributed by atoms with Crippen LogP contribution < -0.4 is 10.2 Å². The van der Waals surface area contributed by atoms with Gasteiger partial charge in [0, 0.05) is 11.8 Å². The molecule has 1 aliphatic rings. The Balaban J connectivity index is 1.89. The molecule has 124 valence electrons. The molecule has 25 heavy (non-hydrogen) atoms. The molecule has 1 atom stereocenters. The standard InChI is InChI=1S/C20H14F2N2O/c21-14-10-11-18(16(22)12-14)24-19(13-6-2-1-3-7-13)23-17-9-5-4-8-15(17)20(24)25/h1-12,19,23H. The summed E-state index contributed by atoms with van der Waals surface area (Å²) in [4.78, 5) is 14.4. The molecule has 3 nitrogen and oxygen atoms in total. The average molecular weight is 336 g/mol. The van der Waals surface area contributed by atoms with E-state index >= 15 is 0 Å². The van der Waals surface area contributed by atoms with Gasteiger partial charge >= 0.3 is 0 Å². The van der Waals surface area contributed by atoms with Crippen molar-refractivity contribution in [2.75, 3.05) is 10.2 Å². The molecule has 0 spiro atoms. The summed E-state index contributed by atoms with van der Waals surface area (Å²) in [5.74, 6) is -1.81. The Morgan fingerprint density at radius 3 is 2.36 bits per heavy atom. The van der Waals surface area contributed by atoms with E-state index in [9.17, 15) is 13.6 Å². The lowest BCUT2D eigenvalue weighted by molar-refractivity contribution is 0.0974. The SMILES string of the molecule is O=C1c2ccccc2NC(c2ccccc2)N1c1ccc(F)cc1F. The maximum atomic E-state index is 14.4. The van der Waals surface area contributed by atoms with E-state index in [2.05, 4.69) is 5.32 Å². The molecule has 0 saturated carbocycles. The number of para-hydroxylation sites is 1. The average Bonchev–Trinajstić information content (AvgIpc) is 2.63. The zero-order valence-corrected chi connectivity index (χ0v) is 13.1. The molecule has 3 aromatic rings. The Morgan fingerprint density at radius 1 is 0.880 bits per heavy atom. The second-order valence-corrected chi connectivity index (χ2v) is 5.77. The van der Waals surface area contributed by atoms with Crippen LogP contribution in [-0.2, 0) is 0 Å². The van der Waals surface area contributed by atoms with E-state index < -0.39 is 17.8 Å². The van der Waals surface area contributed by atoms with E-state index in [-0.39, 0.29) is 11.6 Å². The molecular weight excluding hydrogens is 322 g/mol. The lowest BCUT2D eigenvalue weighted by Crippen LogP contribution is -2.43. The molecule has 0 radical (unpaired) electrons. The summed E-state index contributed by atoms with van der Waals surface area (Å²) < 4.78 is 27.7. The van der Waals surface area contributed by atoms with Crippen molar-refractivity contribution in [3.63, 3.8) is 0 Å². The minimum atomic E-state index is -0.782. The van der Waals surface area contributed by atoms with Crippen LogP contribution in [0.3, 0.4) is 0 Å².